The number of hydrogen-bond donors (Lipinski definition) is 2. The summed E-state index contributed by atoms with van der Waals surface area (Å²) in [5, 5.41) is 6.05. The van der Waals surface area contributed by atoms with Crippen LogP contribution in [0.15, 0.2) is 54.6 Å². The highest BCUT2D eigenvalue weighted by Crippen LogP contribution is 2.13. The molecule has 6 nitrogen and oxygen atoms in total. The summed E-state index contributed by atoms with van der Waals surface area (Å²) < 4.78 is 16.6. The Balaban J connectivity index is 0.00000261. The largest absolute Gasteiger partial charge is 0.491 e. The van der Waals surface area contributed by atoms with Crippen molar-refractivity contribution in [3.05, 3.63) is 60.2 Å². The van der Waals surface area contributed by atoms with Crippen LogP contribution in [0.2, 0.25) is 0 Å². The average molecular weight is 393 g/mol. The first kappa shape index (κ1) is 21.2. The smallest absolute Gasteiger partial charge is 0.243 e. The molecule has 2 aromatic carbocycles. The lowest BCUT2D eigenvalue weighted by Crippen LogP contribution is -2.48. The Morgan fingerprint density at radius 2 is 2.00 bits per heavy atom. The van der Waals surface area contributed by atoms with E-state index in [0.29, 0.717) is 39.6 Å². The summed E-state index contributed by atoms with van der Waals surface area (Å²) in [5.41, 5.74) is 1.75. The van der Waals surface area contributed by atoms with E-state index in [1.807, 2.05) is 54.6 Å². The molecule has 1 heterocycles. The molecule has 0 aliphatic carbocycles. The molecule has 2 aromatic rings. The molecule has 3 rings (SSSR count). The molecule has 0 aromatic heterocycles. The number of benzene rings is 2. The molecule has 0 radical (unpaired) electrons. The van der Waals surface area contributed by atoms with Crippen molar-refractivity contribution in [3.63, 3.8) is 0 Å². The third-order valence-electron chi connectivity index (χ3n) is 3.94. The van der Waals surface area contributed by atoms with Crippen molar-refractivity contribution in [3.8, 4) is 5.75 Å². The van der Waals surface area contributed by atoms with E-state index in [-0.39, 0.29) is 24.4 Å². The Hall–Kier alpha value is -2.12. The first-order valence-corrected chi connectivity index (χ1v) is 8.78. The summed E-state index contributed by atoms with van der Waals surface area (Å²) in [6, 6.07) is 17.0. The topological polar surface area (TPSA) is 68.8 Å². The van der Waals surface area contributed by atoms with Crippen molar-refractivity contribution >= 4 is 24.0 Å². The van der Waals surface area contributed by atoms with Gasteiger partial charge in [-0.2, -0.15) is 0 Å². The summed E-state index contributed by atoms with van der Waals surface area (Å²) in [6.07, 6.45) is 0. The lowest BCUT2D eigenvalue weighted by Gasteiger charge is -2.23. The first-order chi connectivity index (χ1) is 12.8. The maximum Gasteiger partial charge on any atom is 0.243 e. The molecule has 1 aliphatic rings. The number of carbonyl (C=O) groups excluding carboxylic acids is 1. The number of hydrogen-bond acceptors (Lipinski definition) is 5. The molecular weight excluding hydrogens is 368 g/mol. The highest BCUT2D eigenvalue weighted by molar-refractivity contribution is 5.95. The van der Waals surface area contributed by atoms with Crippen molar-refractivity contribution in [2.75, 3.05) is 38.3 Å². The summed E-state index contributed by atoms with van der Waals surface area (Å²) in [5.74, 6) is 0.750. The first-order valence-electron chi connectivity index (χ1n) is 8.78. The average Bonchev–Trinajstić information content (AvgIpc) is 2.69. The van der Waals surface area contributed by atoms with E-state index < -0.39 is 0 Å². The van der Waals surface area contributed by atoms with Gasteiger partial charge in [0.15, 0.2) is 0 Å². The minimum absolute atomic E-state index is 0. The van der Waals surface area contributed by atoms with E-state index in [4.69, 9.17) is 14.2 Å². The van der Waals surface area contributed by atoms with Gasteiger partial charge in [-0.1, -0.05) is 30.3 Å². The molecule has 1 saturated heterocycles. The molecule has 27 heavy (non-hydrogen) atoms. The SMILES string of the molecule is Cl.O=C(Nc1cccc(COCCOc2ccccc2)c1)C1COCCN1. The van der Waals surface area contributed by atoms with Crippen LogP contribution in [0.5, 0.6) is 5.75 Å². The van der Waals surface area contributed by atoms with E-state index in [1.165, 1.54) is 0 Å². The molecule has 0 bridgehead atoms. The molecule has 7 heteroatoms. The molecule has 1 unspecified atom stereocenters. The number of ether oxygens (including phenoxy) is 3. The molecule has 1 atom stereocenters. The predicted octanol–water partition coefficient (Wildman–Crippen LogP) is 2.63. The lowest BCUT2D eigenvalue weighted by atomic mass is 10.2. The molecule has 146 valence electrons. The Bertz CT molecular complexity index is 693. The number of morpholine rings is 1. The van der Waals surface area contributed by atoms with E-state index >= 15 is 0 Å². The van der Waals surface area contributed by atoms with Gasteiger partial charge in [-0.15, -0.1) is 12.4 Å². The number of amides is 1. The molecular formula is C20H25ClN2O4. The van der Waals surface area contributed by atoms with Crippen molar-refractivity contribution in [1.82, 2.24) is 5.32 Å². The normalized spacial score (nSPS) is 16.2. The fraction of sp³-hybridized carbons (Fsp3) is 0.350. The van der Waals surface area contributed by atoms with Crippen LogP contribution < -0.4 is 15.4 Å². The van der Waals surface area contributed by atoms with Crippen molar-refractivity contribution in [1.29, 1.82) is 0 Å². The van der Waals surface area contributed by atoms with Crippen LogP contribution >= 0.6 is 12.4 Å². The van der Waals surface area contributed by atoms with Gasteiger partial charge in [-0.3, -0.25) is 4.79 Å². The van der Waals surface area contributed by atoms with Gasteiger partial charge in [-0.05, 0) is 29.8 Å². The highest BCUT2D eigenvalue weighted by Gasteiger charge is 2.21. The van der Waals surface area contributed by atoms with Gasteiger partial charge in [0.05, 0.1) is 26.4 Å². The third kappa shape index (κ3) is 7.19. The molecule has 1 fully saturated rings. The van der Waals surface area contributed by atoms with E-state index in [1.54, 1.807) is 0 Å². The van der Waals surface area contributed by atoms with Crippen molar-refractivity contribution < 1.29 is 19.0 Å². The van der Waals surface area contributed by atoms with E-state index in [2.05, 4.69) is 10.6 Å². The van der Waals surface area contributed by atoms with Gasteiger partial charge in [-0.25, -0.2) is 0 Å². The number of rotatable bonds is 8. The fourth-order valence-electron chi connectivity index (χ4n) is 2.63. The lowest BCUT2D eigenvalue weighted by molar-refractivity contribution is -0.120. The summed E-state index contributed by atoms with van der Waals surface area (Å²) >= 11 is 0. The fourth-order valence-corrected chi connectivity index (χ4v) is 2.63. The quantitative estimate of drug-likeness (QED) is 0.676. The Labute approximate surface area is 165 Å². The van der Waals surface area contributed by atoms with Crippen LogP contribution in [0.4, 0.5) is 5.69 Å². The standard InChI is InChI=1S/C20H24N2O4.ClH/c23-20(19-15-24-10-9-21-19)22-17-6-4-5-16(13-17)14-25-11-12-26-18-7-2-1-3-8-18;/h1-8,13,19,21H,9-12,14-15H2,(H,22,23);1H. The molecule has 1 aliphatic heterocycles. The monoisotopic (exact) mass is 392 g/mol. The second-order valence-corrected chi connectivity index (χ2v) is 5.99. The third-order valence-corrected chi connectivity index (χ3v) is 3.94. The van der Waals surface area contributed by atoms with Gasteiger partial charge in [0.2, 0.25) is 5.91 Å². The number of halogens is 1. The summed E-state index contributed by atoms with van der Waals surface area (Å²) in [4.78, 5) is 12.2. The van der Waals surface area contributed by atoms with E-state index in [0.717, 1.165) is 17.0 Å². The Kier molecular flexibility index (Phi) is 9.07. The second kappa shape index (κ2) is 11.6. The van der Waals surface area contributed by atoms with Crippen LogP contribution in [0, 0.1) is 0 Å². The van der Waals surface area contributed by atoms with Gasteiger partial charge in [0.25, 0.3) is 0 Å². The van der Waals surface area contributed by atoms with Crippen molar-refractivity contribution in [2.45, 2.75) is 12.6 Å². The van der Waals surface area contributed by atoms with Crippen LogP contribution in [0.1, 0.15) is 5.56 Å². The highest BCUT2D eigenvalue weighted by atomic mass is 35.5. The van der Waals surface area contributed by atoms with Crippen LogP contribution in [0.25, 0.3) is 0 Å². The summed E-state index contributed by atoms with van der Waals surface area (Å²) in [7, 11) is 0. The maximum absolute atomic E-state index is 12.2. The van der Waals surface area contributed by atoms with Gasteiger partial charge >= 0.3 is 0 Å². The van der Waals surface area contributed by atoms with Crippen LogP contribution in [-0.2, 0) is 20.9 Å². The van der Waals surface area contributed by atoms with E-state index in [9.17, 15) is 4.79 Å². The summed E-state index contributed by atoms with van der Waals surface area (Å²) in [6.45, 7) is 3.19. The Morgan fingerprint density at radius 1 is 1.15 bits per heavy atom. The van der Waals surface area contributed by atoms with Crippen molar-refractivity contribution in [2.24, 2.45) is 0 Å². The predicted molar refractivity (Wildman–Crippen MR) is 107 cm³/mol. The molecule has 0 saturated carbocycles. The molecule has 0 spiro atoms. The zero-order chi connectivity index (χ0) is 18.0. The van der Waals surface area contributed by atoms with Gasteiger partial charge < -0.3 is 24.8 Å². The zero-order valence-corrected chi connectivity index (χ0v) is 15.9. The van der Waals surface area contributed by atoms with Crippen LogP contribution in [0.3, 0.4) is 0 Å². The molecule has 1 amide bonds. The minimum Gasteiger partial charge on any atom is -0.491 e. The van der Waals surface area contributed by atoms with Gasteiger partial charge in [0.1, 0.15) is 18.4 Å². The minimum atomic E-state index is -0.307. The second-order valence-electron chi connectivity index (χ2n) is 5.99. The maximum atomic E-state index is 12.2. The number of para-hydroxylation sites is 1. The Morgan fingerprint density at radius 3 is 2.78 bits per heavy atom. The molecule has 2 N–H and O–H groups in total. The van der Waals surface area contributed by atoms with Crippen LogP contribution in [-0.4, -0.2) is 44.9 Å². The number of nitrogens with one attached hydrogen (secondary N) is 2. The number of carbonyl (C=O) groups is 1. The zero-order valence-electron chi connectivity index (χ0n) is 15.1. The number of anilines is 1. The van der Waals surface area contributed by atoms with Gasteiger partial charge in [0, 0.05) is 12.2 Å².